The summed E-state index contributed by atoms with van der Waals surface area (Å²) in [6, 6.07) is 5.56. The van der Waals surface area contributed by atoms with Crippen molar-refractivity contribution in [2.24, 2.45) is 0 Å². The van der Waals surface area contributed by atoms with Gasteiger partial charge in [-0.1, -0.05) is 20.8 Å². The van der Waals surface area contributed by atoms with E-state index >= 15 is 0 Å². The number of rotatable bonds is 8. The second-order valence-electron chi connectivity index (χ2n) is 7.36. The van der Waals surface area contributed by atoms with E-state index in [1.54, 1.807) is 14.0 Å². The van der Waals surface area contributed by atoms with Gasteiger partial charge in [-0.2, -0.15) is 0 Å². The Balaban J connectivity index is 2.55. The molecule has 0 unspecified atom stereocenters. The normalized spacial score (nSPS) is 12.3. The Morgan fingerprint density at radius 3 is 2.43 bits per heavy atom. The lowest BCUT2D eigenvalue weighted by Crippen LogP contribution is -2.42. The van der Waals surface area contributed by atoms with E-state index in [0.29, 0.717) is 13.2 Å². The van der Waals surface area contributed by atoms with E-state index in [0.717, 1.165) is 23.4 Å². The molecule has 0 radical (unpaired) electrons. The summed E-state index contributed by atoms with van der Waals surface area (Å²) in [4.78, 5) is 11.7. The molecule has 0 aliphatic heterocycles. The largest absolute Gasteiger partial charge is 0.497 e. The first-order chi connectivity index (χ1) is 10.6. The molecule has 130 valence electrons. The van der Waals surface area contributed by atoms with E-state index in [1.165, 1.54) is 0 Å². The third-order valence-corrected chi connectivity index (χ3v) is 9.09. The van der Waals surface area contributed by atoms with Gasteiger partial charge in [-0.05, 0) is 48.8 Å². The third kappa shape index (κ3) is 5.75. The zero-order valence-electron chi connectivity index (χ0n) is 15.6. The molecular weight excluding hydrogens is 306 g/mol. The van der Waals surface area contributed by atoms with E-state index < -0.39 is 8.32 Å². The fourth-order valence-corrected chi connectivity index (χ4v) is 3.05. The topological polar surface area (TPSA) is 47.6 Å². The van der Waals surface area contributed by atoms with Crippen molar-refractivity contribution in [3.05, 3.63) is 29.3 Å². The van der Waals surface area contributed by atoms with Crippen LogP contribution in [-0.4, -0.2) is 34.4 Å². The Morgan fingerprint density at radius 2 is 1.91 bits per heavy atom. The smallest absolute Gasteiger partial charge is 0.192 e. The average Bonchev–Trinajstić information content (AvgIpc) is 2.45. The van der Waals surface area contributed by atoms with Crippen LogP contribution in [0, 0.1) is 0 Å². The lowest BCUT2D eigenvalue weighted by molar-refractivity contribution is 0.101. The SMILES string of the molecule is COc1ccc(C(C)=O)c(CNCCO[Si](C)(C)C(C)(C)C)c1. The van der Waals surface area contributed by atoms with Gasteiger partial charge in [0.05, 0.1) is 7.11 Å². The molecule has 0 spiro atoms. The maximum Gasteiger partial charge on any atom is 0.192 e. The number of hydrogen-bond acceptors (Lipinski definition) is 4. The molecule has 0 saturated carbocycles. The van der Waals surface area contributed by atoms with Crippen LogP contribution in [0.3, 0.4) is 0 Å². The summed E-state index contributed by atoms with van der Waals surface area (Å²) >= 11 is 0. The Morgan fingerprint density at radius 1 is 1.26 bits per heavy atom. The van der Waals surface area contributed by atoms with Crippen LogP contribution < -0.4 is 10.1 Å². The highest BCUT2D eigenvalue weighted by atomic mass is 28.4. The standard InChI is InChI=1S/C18H31NO3Si/c1-14(20)17-9-8-16(21-5)12-15(17)13-19-10-11-22-23(6,7)18(2,3)4/h8-9,12,19H,10-11,13H2,1-7H3. The van der Waals surface area contributed by atoms with Crippen molar-refractivity contribution in [3.63, 3.8) is 0 Å². The number of methoxy groups -OCH3 is 1. The van der Waals surface area contributed by atoms with Crippen LogP contribution in [0.15, 0.2) is 18.2 Å². The predicted octanol–water partition coefficient (Wildman–Crippen LogP) is 4.01. The molecule has 1 aromatic rings. The van der Waals surface area contributed by atoms with Gasteiger partial charge in [0.25, 0.3) is 0 Å². The van der Waals surface area contributed by atoms with Crippen LogP contribution >= 0.6 is 0 Å². The van der Waals surface area contributed by atoms with Crippen LogP contribution in [-0.2, 0) is 11.0 Å². The summed E-state index contributed by atoms with van der Waals surface area (Å²) in [5.74, 6) is 0.839. The molecule has 0 saturated heterocycles. The van der Waals surface area contributed by atoms with Crippen LogP contribution in [0.2, 0.25) is 18.1 Å². The lowest BCUT2D eigenvalue weighted by atomic mass is 10.0. The summed E-state index contributed by atoms with van der Waals surface area (Å²) in [6.45, 7) is 14.9. The van der Waals surface area contributed by atoms with Crippen LogP contribution in [0.4, 0.5) is 0 Å². The molecule has 1 aromatic carbocycles. The number of carbonyl (C=O) groups is 1. The number of hydrogen-bond donors (Lipinski definition) is 1. The van der Waals surface area contributed by atoms with Crippen molar-refractivity contribution in [2.75, 3.05) is 20.3 Å². The molecule has 0 amide bonds. The first-order valence-electron chi connectivity index (χ1n) is 8.11. The molecule has 0 aliphatic carbocycles. The molecule has 1 rings (SSSR count). The Bertz CT molecular complexity index is 536. The first kappa shape index (κ1) is 19.9. The maximum absolute atomic E-state index is 11.7. The van der Waals surface area contributed by atoms with E-state index in [2.05, 4.69) is 39.2 Å². The second-order valence-corrected chi connectivity index (χ2v) is 12.2. The highest BCUT2D eigenvalue weighted by Gasteiger charge is 2.36. The maximum atomic E-state index is 11.7. The quantitative estimate of drug-likeness (QED) is 0.442. The molecule has 0 fully saturated rings. The van der Waals surface area contributed by atoms with Gasteiger partial charge in [0.1, 0.15) is 5.75 Å². The third-order valence-electron chi connectivity index (χ3n) is 4.56. The van der Waals surface area contributed by atoms with E-state index in [-0.39, 0.29) is 10.8 Å². The minimum Gasteiger partial charge on any atom is -0.497 e. The fraction of sp³-hybridized carbons (Fsp3) is 0.611. The predicted molar refractivity (Wildman–Crippen MR) is 97.9 cm³/mol. The van der Waals surface area contributed by atoms with Gasteiger partial charge in [-0.3, -0.25) is 4.79 Å². The highest BCUT2D eigenvalue weighted by Crippen LogP contribution is 2.36. The van der Waals surface area contributed by atoms with Crippen molar-refractivity contribution in [1.29, 1.82) is 0 Å². The molecule has 5 heteroatoms. The summed E-state index contributed by atoms with van der Waals surface area (Å²) in [6.07, 6.45) is 0. The minimum atomic E-state index is -1.69. The number of Topliss-reactive ketones (excluding diaryl/α,β-unsaturated/α-hetero) is 1. The summed E-state index contributed by atoms with van der Waals surface area (Å²) in [7, 11) is -0.0598. The Hall–Kier alpha value is -1.17. The van der Waals surface area contributed by atoms with Gasteiger partial charge in [0.15, 0.2) is 14.1 Å². The highest BCUT2D eigenvalue weighted by molar-refractivity contribution is 6.74. The Kier molecular flexibility index (Phi) is 6.98. The molecule has 0 bridgehead atoms. The number of ketones is 1. The van der Waals surface area contributed by atoms with Gasteiger partial charge in [0, 0.05) is 25.3 Å². The molecule has 0 aromatic heterocycles. The van der Waals surface area contributed by atoms with Gasteiger partial charge >= 0.3 is 0 Å². The number of benzene rings is 1. The van der Waals surface area contributed by atoms with Crippen molar-refractivity contribution < 1.29 is 14.0 Å². The van der Waals surface area contributed by atoms with Crippen LogP contribution in [0.1, 0.15) is 43.6 Å². The molecule has 1 N–H and O–H groups in total. The van der Waals surface area contributed by atoms with Gasteiger partial charge in [-0.25, -0.2) is 0 Å². The lowest BCUT2D eigenvalue weighted by Gasteiger charge is -2.36. The number of ether oxygens (including phenoxy) is 1. The van der Waals surface area contributed by atoms with Crippen LogP contribution in [0.5, 0.6) is 5.75 Å². The first-order valence-corrected chi connectivity index (χ1v) is 11.0. The number of nitrogens with one attached hydrogen (secondary N) is 1. The van der Waals surface area contributed by atoms with Crippen molar-refractivity contribution >= 4 is 14.1 Å². The summed E-state index contributed by atoms with van der Waals surface area (Å²) < 4.78 is 11.4. The number of carbonyl (C=O) groups excluding carboxylic acids is 1. The van der Waals surface area contributed by atoms with Crippen molar-refractivity contribution in [1.82, 2.24) is 5.32 Å². The molecule has 4 nitrogen and oxygen atoms in total. The van der Waals surface area contributed by atoms with E-state index in [9.17, 15) is 4.79 Å². The summed E-state index contributed by atoms with van der Waals surface area (Å²) in [5.41, 5.74) is 1.70. The van der Waals surface area contributed by atoms with Gasteiger partial charge in [0.2, 0.25) is 0 Å². The fourth-order valence-electron chi connectivity index (χ4n) is 2.00. The zero-order chi connectivity index (χ0) is 17.7. The second kappa shape index (κ2) is 8.08. The van der Waals surface area contributed by atoms with Crippen molar-refractivity contribution in [3.8, 4) is 5.75 Å². The summed E-state index contributed by atoms with van der Waals surface area (Å²) in [5, 5.41) is 3.59. The minimum absolute atomic E-state index is 0.0713. The van der Waals surface area contributed by atoms with Crippen LogP contribution in [0.25, 0.3) is 0 Å². The monoisotopic (exact) mass is 337 g/mol. The van der Waals surface area contributed by atoms with E-state index in [1.807, 2.05) is 18.2 Å². The molecule has 0 aliphatic rings. The van der Waals surface area contributed by atoms with Gasteiger partial charge in [-0.15, -0.1) is 0 Å². The molecule has 23 heavy (non-hydrogen) atoms. The van der Waals surface area contributed by atoms with E-state index in [4.69, 9.17) is 9.16 Å². The zero-order valence-corrected chi connectivity index (χ0v) is 16.6. The van der Waals surface area contributed by atoms with Gasteiger partial charge < -0.3 is 14.5 Å². The average molecular weight is 338 g/mol. The molecule has 0 atom stereocenters. The Labute approximate surface area is 141 Å². The molecule has 0 heterocycles. The molecular formula is C18H31NO3Si. The van der Waals surface area contributed by atoms with Crippen molar-refractivity contribution in [2.45, 2.75) is 52.4 Å².